The first-order valence-corrected chi connectivity index (χ1v) is 16.2. The molecule has 0 bridgehead atoms. The number of hydrogen-bond acceptors (Lipinski definition) is 8. The Kier molecular flexibility index (Phi) is 14.5. The maximum absolute atomic E-state index is 13.5. The molecule has 0 aromatic carbocycles. The van der Waals surface area contributed by atoms with E-state index < -0.39 is 54.1 Å². The quantitative estimate of drug-likeness (QED) is 0.308. The topological polar surface area (TPSA) is 115 Å². The third-order valence-electron chi connectivity index (χ3n) is 9.80. The van der Waals surface area contributed by atoms with Crippen molar-refractivity contribution in [2.75, 3.05) is 14.2 Å². The van der Waals surface area contributed by atoms with Crippen LogP contribution in [-0.4, -0.2) is 77.9 Å². The predicted octanol–water partition coefficient (Wildman–Crippen LogP) is 5.76. The Morgan fingerprint density at radius 1 is 1.02 bits per heavy atom. The normalized spacial score (nSPS) is 37.0. The van der Waals surface area contributed by atoms with Gasteiger partial charge >= 0.3 is 5.97 Å². The van der Waals surface area contributed by atoms with Gasteiger partial charge in [0.2, 0.25) is 0 Å². The van der Waals surface area contributed by atoms with Crippen LogP contribution in [0.3, 0.4) is 0 Å². The van der Waals surface area contributed by atoms with Gasteiger partial charge < -0.3 is 34.3 Å². The molecule has 2 aliphatic rings. The van der Waals surface area contributed by atoms with Gasteiger partial charge in [0.05, 0.1) is 24.4 Å². The van der Waals surface area contributed by atoms with Crippen LogP contribution in [0.4, 0.5) is 0 Å². The summed E-state index contributed by atoms with van der Waals surface area (Å²) in [6, 6.07) is 0. The standard InChI is InChI=1S/C36H60O8/c1-20(2)33-26(8)29(37)19-36(42-12,44-33)28(10)32(39)27(9)34-30(41-11)15-13-14-21(3)16-23(5)31(38)24(6)17-22(4)18-25(7)35(40)43-34/h13-15,17-18,20,23-24,26-34,37-39H,16,19H2,1-12H3. The van der Waals surface area contributed by atoms with Gasteiger partial charge in [-0.1, -0.05) is 83.9 Å². The van der Waals surface area contributed by atoms with E-state index in [0.29, 0.717) is 5.57 Å². The van der Waals surface area contributed by atoms with Crippen molar-refractivity contribution in [3.63, 3.8) is 0 Å². The zero-order chi connectivity index (χ0) is 33.5. The zero-order valence-electron chi connectivity index (χ0n) is 29.1. The predicted molar refractivity (Wildman–Crippen MR) is 174 cm³/mol. The second-order valence-corrected chi connectivity index (χ2v) is 13.8. The van der Waals surface area contributed by atoms with Gasteiger partial charge in [-0.05, 0) is 45.1 Å². The highest BCUT2D eigenvalue weighted by atomic mass is 16.7. The summed E-state index contributed by atoms with van der Waals surface area (Å²) >= 11 is 0. The SMILES string of the molecule is COC1C=CC=C(C)CC(C)C(O)C(C)C=C(C)C=C(C)C(=O)OC1C(C)C(O)C(C)C1(OC)CC(O)C(C)C(C(C)C)O1. The molecule has 12 unspecified atom stereocenters. The van der Waals surface area contributed by atoms with Crippen molar-refractivity contribution in [3.8, 4) is 0 Å². The van der Waals surface area contributed by atoms with E-state index in [0.717, 1.165) is 17.6 Å². The minimum Gasteiger partial charge on any atom is -0.456 e. The molecule has 0 aromatic heterocycles. The van der Waals surface area contributed by atoms with Crippen LogP contribution >= 0.6 is 0 Å². The van der Waals surface area contributed by atoms with Crippen LogP contribution in [0.2, 0.25) is 0 Å². The third kappa shape index (κ3) is 9.36. The zero-order valence-corrected chi connectivity index (χ0v) is 29.1. The summed E-state index contributed by atoms with van der Waals surface area (Å²) in [5, 5.41) is 33.8. The molecule has 0 amide bonds. The summed E-state index contributed by atoms with van der Waals surface area (Å²) < 4.78 is 24.5. The van der Waals surface area contributed by atoms with Crippen molar-refractivity contribution in [2.24, 2.45) is 35.5 Å². The van der Waals surface area contributed by atoms with Crippen molar-refractivity contribution >= 4 is 5.97 Å². The summed E-state index contributed by atoms with van der Waals surface area (Å²) in [7, 11) is 3.09. The number of allylic oxidation sites excluding steroid dienone is 5. The lowest BCUT2D eigenvalue weighted by Gasteiger charge is -2.51. The molecule has 2 heterocycles. The molecular formula is C36H60O8. The molecule has 252 valence electrons. The fraction of sp³-hybridized carbons (Fsp3) is 0.750. The maximum Gasteiger partial charge on any atom is 0.334 e. The molecule has 0 radical (unpaired) electrons. The first kappa shape index (κ1) is 38.4. The van der Waals surface area contributed by atoms with Gasteiger partial charge in [0, 0.05) is 49.9 Å². The molecule has 2 aliphatic heterocycles. The monoisotopic (exact) mass is 620 g/mol. The van der Waals surface area contributed by atoms with Gasteiger partial charge in [-0.25, -0.2) is 4.79 Å². The van der Waals surface area contributed by atoms with Crippen LogP contribution in [0.15, 0.2) is 47.1 Å². The number of carbonyl (C=O) groups is 1. The van der Waals surface area contributed by atoms with Crippen LogP contribution in [0.1, 0.15) is 82.1 Å². The van der Waals surface area contributed by atoms with Crippen LogP contribution in [0.5, 0.6) is 0 Å². The summed E-state index contributed by atoms with van der Waals surface area (Å²) in [6.07, 6.45) is 6.34. The number of carbonyl (C=O) groups excluding carboxylic acids is 1. The minimum atomic E-state index is -1.23. The average molecular weight is 621 g/mol. The van der Waals surface area contributed by atoms with E-state index in [-0.39, 0.29) is 36.2 Å². The van der Waals surface area contributed by atoms with E-state index in [9.17, 15) is 20.1 Å². The van der Waals surface area contributed by atoms with Crippen LogP contribution < -0.4 is 0 Å². The summed E-state index contributed by atoms with van der Waals surface area (Å²) in [6.45, 7) is 19.4. The maximum atomic E-state index is 13.5. The lowest BCUT2D eigenvalue weighted by atomic mass is 9.76. The number of rotatable bonds is 7. The molecule has 0 spiro atoms. The average Bonchev–Trinajstić information content (AvgIpc) is 2.97. The first-order valence-electron chi connectivity index (χ1n) is 16.2. The third-order valence-corrected chi connectivity index (χ3v) is 9.80. The Bertz CT molecular complexity index is 1060. The van der Waals surface area contributed by atoms with Gasteiger partial charge in [0.1, 0.15) is 12.2 Å². The molecule has 8 heteroatoms. The van der Waals surface area contributed by atoms with Crippen LogP contribution in [0, 0.1) is 35.5 Å². The summed E-state index contributed by atoms with van der Waals surface area (Å²) in [5.74, 6) is -2.95. The molecular weight excluding hydrogens is 560 g/mol. The molecule has 0 saturated carbocycles. The number of methoxy groups -OCH3 is 2. The van der Waals surface area contributed by atoms with E-state index >= 15 is 0 Å². The van der Waals surface area contributed by atoms with Gasteiger partial charge in [-0.2, -0.15) is 0 Å². The molecule has 12 atom stereocenters. The lowest BCUT2D eigenvalue weighted by molar-refractivity contribution is -0.338. The number of hydrogen-bond donors (Lipinski definition) is 3. The Labute approximate surface area is 266 Å². The number of cyclic esters (lactones) is 1. The van der Waals surface area contributed by atoms with E-state index in [2.05, 4.69) is 0 Å². The Balaban J connectivity index is 2.52. The number of aliphatic hydroxyl groups excluding tert-OH is 3. The van der Waals surface area contributed by atoms with Gasteiger partial charge in [-0.3, -0.25) is 0 Å². The van der Waals surface area contributed by atoms with Crippen molar-refractivity contribution in [3.05, 3.63) is 47.1 Å². The highest BCUT2D eigenvalue weighted by Gasteiger charge is 2.53. The first-order chi connectivity index (χ1) is 20.5. The van der Waals surface area contributed by atoms with Crippen LogP contribution in [-0.2, 0) is 23.7 Å². The molecule has 0 aromatic rings. The lowest BCUT2D eigenvalue weighted by Crippen LogP contribution is -2.60. The summed E-state index contributed by atoms with van der Waals surface area (Å²) in [4.78, 5) is 13.5. The molecule has 0 aliphatic carbocycles. The van der Waals surface area contributed by atoms with Crippen LogP contribution in [0.25, 0.3) is 0 Å². The Morgan fingerprint density at radius 3 is 2.23 bits per heavy atom. The molecule has 1 fully saturated rings. The van der Waals surface area contributed by atoms with Crippen molar-refractivity contribution in [1.29, 1.82) is 0 Å². The van der Waals surface area contributed by atoms with Crippen molar-refractivity contribution < 1.29 is 39.1 Å². The Hall–Kier alpha value is -1.81. The van der Waals surface area contributed by atoms with Gasteiger partial charge in [-0.15, -0.1) is 0 Å². The van der Waals surface area contributed by atoms with E-state index in [1.165, 1.54) is 0 Å². The highest BCUT2D eigenvalue weighted by Crippen LogP contribution is 2.43. The van der Waals surface area contributed by atoms with Crippen molar-refractivity contribution in [1.82, 2.24) is 0 Å². The Morgan fingerprint density at radius 2 is 1.66 bits per heavy atom. The number of esters is 1. The molecule has 8 nitrogen and oxygen atoms in total. The van der Waals surface area contributed by atoms with Crippen molar-refractivity contribution in [2.45, 2.75) is 124 Å². The fourth-order valence-electron chi connectivity index (χ4n) is 6.86. The largest absolute Gasteiger partial charge is 0.456 e. The molecule has 2 rings (SSSR count). The van der Waals surface area contributed by atoms with Gasteiger partial charge in [0.25, 0.3) is 0 Å². The molecule has 3 N–H and O–H groups in total. The summed E-state index contributed by atoms with van der Waals surface area (Å²) in [5.41, 5.74) is 2.34. The smallest absolute Gasteiger partial charge is 0.334 e. The molecule has 1 saturated heterocycles. The fourth-order valence-corrected chi connectivity index (χ4v) is 6.86. The van der Waals surface area contributed by atoms with Gasteiger partial charge in [0.15, 0.2) is 5.79 Å². The number of aliphatic hydroxyl groups is 3. The van der Waals surface area contributed by atoms with E-state index in [1.807, 2.05) is 86.6 Å². The molecule has 44 heavy (non-hydrogen) atoms. The number of ether oxygens (including phenoxy) is 4. The van der Waals surface area contributed by atoms with E-state index in [4.69, 9.17) is 18.9 Å². The second-order valence-electron chi connectivity index (χ2n) is 13.8. The second kappa shape index (κ2) is 16.7. The van der Waals surface area contributed by atoms with E-state index in [1.54, 1.807) is 27.2 Å². The highest BCUT2D eigenvalue weighted by molar-refractivity contribution is 5.88. The minimum absolute atomic E-state index is 0.0381.